The van der Waals surface area contributed by atoms with Crippen LogP contribution in [-0.2, 0) is 11.3 Å². The lowest BCUT2D eigenvalue weighted by molar-refractivity contribution is -0.122. The predicted octanol–water partition coefficient (Wildman–Crippen LogP) is 1.38. The van der Waals surface area contributed by atoms with Crippen LogP contribution in [0.1, 0.15) is 18.5 Å². The third-order valence-electron chi connectivity index (χ3n) is 2.66. The number of aromatic nitrogens is 2. The molecule has 1 aromatic heterocycles. The van der Waals surface area contributed by atoms with Crippen LogP contribution in [0.4, 0.5) is 0 Å². The molecule has 1 saturated carbocycles. The maximum absolute atomic E-state index is 11.3. The van der Waals surface area contributed by atoms with Crippen LogP contribution in [0.3, 0.4) is 0 Å². The van der Waals surface area contributed by atoms with Crippen molar-refractivity contribution in [1.29, 1.82) is 0 Å². The van der Waals surface area contributed by atoms with Crippen LogP contribution in [-0.4, -0.2) is 22.0 Å². The third kappa shape index (κ3) is 2.47. The van der Waals surface area contributed by atoms with E-state index in [9.17, 15) is 4.79 Å². The number of imidazole rings is 1. The molecular weight excluding hydrogens is 210 g/mol. The molecule has 0 aromatic carbocycles. The normalized spacial score (nSPS) is 15.3. The van der Waals surface area contributed by atoms with Gasteiger partial charge in [-0.25, -0.2) is 0 Å². The van der Waals surface area contributed by atoms with Gasteiger partial charge < -0.3 is 14.9 Å². The average molecular weight is 225 g/mol. The number of carbonyl (C=O) groups excluding carboxylic acids is 1. The van der Waals surface area contributed by atoms with E-state index in [1.54, 1.807) is 0 Å². The quantitative estimate of drug-likeness (QED) is 0.761. The Kier molecular flexibility index (Phi) is 2.90. The summed E-state index contributed by atoms with van der Waals surface area (Å²) in [4.78, 5) is 14.3. The zero-order chi connectivity index (χ0) is 10.8. The number of aryl methyl sites for hydroxylation is 1. The minimum atomic E-state index is 0.190. The Bertz CT molecular complexity index is 417. The summed E-state index contributed by atoms with van der Waals surface area (Å²) in [7, 11) is 0. The molecule has 1 aromatic rings. The first kappa shape index (κ1) is 10.4. The molecule has 2 rings (SSSR count). The van der Waals surface area contributed by atoms with Crippen LogP contribution in [0, 0.1) is 17.6 Å². The maximum Gasteiger partial charge on any atom is 0.223 e. The van der Waals surface area contributed by atoms with E-state index in [0.29, 0.717) is 11.3 Å². The SMILES string of the molecule is Cc1c[nH]c(=S)n1CCNC(=O)C1CC1. The van der Waals surface area contributed by atoms with Gasteiger partial charge in [-0.1, -0.05) is 0 Å². The second-order valence-electron chi connectivity index (χ2n) is 3.95. The van der Waals surface area contributed by atoms with Gasteiger partial charge in [-0.2, -0.15) is 0 Å². The summed E-state index contributed by atoms with van der Waals surface area (Å²) in [6.07, 6.45) is 3.98. The van der Waals surface area contributed by atoms with Gasteiger partial charge in [0, 0.05) is 30.9 Å². The highest BCUT2D eigenvalue weighted by atomic mass is 32.1. The van der Waals surface area contributed by atoms with Crippen LogP contribution in [0.5, 0.6) is 0 Å². The van der Waals surface area contributed by atoms with Gasteiger partial charge in [0.15, 0.2) is 4.77 Å². The molecule has 0 bridgehead atoms. The van der Waals surface area contributed by atoms with Crippen molar-refractivity contribution >= 4 is 18.1 Å². The highest BCUT2D eigenvalue weighted by Gasteiger charge is 2.28. The summed E-state index contributed by atoms with van der Waals surface area (Å²) >= 11 is 5.11. The van der Waals surface area contributed by atoms with Gasteiger partial charge >= 0.3 is 0 Å². The lowest BCUT2D eigenvalue weighted by atomic mass is 10.4. The Labute approximate surface area is 93.7 Å². The molecule has 1 amide bonds. The minimum Gasteiger partial charge on any atom is -0.354 e. The monoisotopic (exact) mass is 225 g/mol. The van der Waals surface area contributed by atoms with Gasteiger partial charge in [-0.05, 0) is 32.0 Å². The molecule has 5 heteroatoms. The van der Waals surface area contributed by atoms with Crippen LogP contribution in [0.25, 0.3) is 0 Å². The molecule has 1 aliphatic rings. The number of nitrogens with zero attached hydrogens (tertiary/aromatic N) is 1. The van der Waals surface area contributed by atoms with Crippen molar-refractivity contribution in [2.24, 2.45) is 5.92 Å². The summed E-state index contributed by atoms with van der Waals surface area (Å²) in [5.41, 5.74) is 1.10. The van der Waals surface area contributed by atoms with E-state index in [-0.39, 0.29) is 11.8 Å². The number of amides is 1. The lowest BCUT2D eigenvalue weighted by Crippen LogP contribution is -2.28. The Morgan fingerprint density at radius 3 is 3.00 bits per heavy atom. The molecule has 0 atom stereocenters. The number of carbonyl (C=O) groups is 1. The van der Waals surface area contributed by atoms with Gasteiger partial charge in [0.1, 0.15) is 0 Å². The number of hydrogen-bond donors (Lipinski definition) is 2. The molecule has 82 valence electrons. The zero-order valence-electron chi connectivity index (χ0n) is 8.75. The van der Waals surface area contributed by atoms with Crippen molar-refractivity contribution in [3.8, 4) is 0 Å². The van der Waals surface area contributed by atoms with Crippen LogP contribution >= 0.6 is 12.2 Å². The Hall–Kier alpha value is -1.10. The summed E-state index contributed by atoms with van der Waals surface area (Å²) < 4.78 is 2.70. The topological polar surface area (TPSA) is 49.8 Å². The fourth-order valence-corrected chi connectivity index (χ4v) is 1.84. The highest BCUT2D eigenvalue weighted by Crippen LogP contribution is 2.28. The smallest absolute Gasteiger partial charge is 0.223 e. The van der Waals surface area contributed by atoms with Crippen molar-refractivity contribution in [2.45, 2.75) is 26.3 Å². The summed E-state index contributed by atoms with van der Waals surface area (Å²) in [6.45, 7) is 3.39. The van der Waals surface area contributed by atoms with Crippen molar-refractivity contribution in [3.05, 3.63) is 16.7 Å². The van der Waals surface area contributed by atoms with Crippen molar-refractivity contribution in [1.82, 2.24) is 14.9 Å². The van der Waals surface area contributed by atoms with E-state index in [2.05, 4.69) is 10.3 Å². The van der Waals surface area contributed by atoms with Crippen LogP contribution in [0.2, 0.25) is 0 Å². The summed E-state index contributed by atoms with van der Waals surface area (Å²) in [5, 5.41) is 2.92. The second kappa shape index (κ2) is 4.18. The molecular formula is C10H15N3OS. The maximum atomic E-state index is 11.3. The standard InChI is InChI=1S/C10H15N3OS/c1-7-6-12-10(15)13(7)5-4-11-9(14)8-2-3-8/h6,8H,2-5H2,1H3,(H,11,14)(H,12,15). The molecule has 0 spiro atoms. The van der Waals surface area contributed by atoms with Gasteiger partial charge in [0.25, 0.3) is 0 Å². The second-order valence-corrected chi connectivity index (χ2v) is 4.34. The van der Waals surface area contributed by atoms with E-state index in [1.807, 2.05) is 17.7 Å². The molecule has 0 saturated heterocycles. The molecule has 15 heavy (non-hydrogen) atoms. The first-order valence-corrected chi connectivity index (χ1v) is 5.62. The van der Waals surface area contributed by atoms with E-state index < -0.39 is 0 Å². The lowest BCUT2D eigenvalue weighted by Gasteiger charge is -2.06. The average Bonchev–Trinajstić information content (AvgIpc) is 2.99. The molecule has 4 nitrogen and oxygen atoms in total. The van der Waals surface area contributed by atoms with E-state index >= 15 is 0 Å². The molecule has 1 fully saturated rings. The predicted molar refractivity (Wildman–Crippen MR) is 60.1 cm³/mol. The van der Waals surface area contributed by atoms with Gasteiger partial charge in [-0.15, -0.1) is 0 Å². The summed E-state index contributed by atoms with van der Waals surface area (Å²) in [6, 6.07) is 0. The fraction of sp³-hybridized carbons (Fsp3) is 0.600. The zero-order valence-corrected chi connectivity index (χ0v) is 9.56. The third-order valence-corrected chi connectivity index (χ3v) is 3.00. The van der Waals surface area contributed by atoms with Crippen molar-refractivity contribution < 1.29 is 4.79 Å². The number of hydrogen-bond acceptors (Lipinski definition) is 2. The fourth-order valence-electron chi connectivity index (χ4n) is 1.54. The number of H-pyrrole nitrogens is 1. The van der Waals surface area contributed by atoms with E-state index in [1.165, 1.54) is 0 Å². The Balaban J connectivity index is 1.82. The van der Waals surface area contributed by atoms with Crippen molar-refractivity contribution in [3.63, 3.8) is 0 Å². The number of nitrogens with one attached hydrogen (secondary N) is 2. The minimum absolute atomic E-state index is 0.190. The van der Waals surface area contributed by atoms with Crippen LogP contribution < -0.4 is 5.32 Å². The van der Waals surface area contributed by atoms with Crippen LogP contribution in [0.15, 0.2) is 6.20 Å². The molecule has 1 aliphatic carbocycles. The summed E-state index contributed by atoms with van der Waals surface area (Å²) in [5.74, 6) is 0.472. The van der Waals surface area contributed by atoms with Gasteiger partial charge in [0.05, 0.1) is 0 Å². The Morgan fingerprint density at radius 1 is 1.73 bits per heavy atom. The van der Waals surface area contributed by atoms with Gasteiger partial charge in [-0.3, -0.25) is 4.79 Å². The van der Waals surface area contributed by atoms with E-state index in [4.69, 9.17) is 12.2 Å². The molecule has 0 aliphatic heterocycles. The molecule has 0 radical (unpaired) electrons. The van der Waals surface area contributed by atoms with Crippen molar-refractivity contribution in [2.75, 3.05) is 6.54 Å². The molecule has 2 N–H and O–H groups in total. The Morgan fingerprint density at radius 2 is 2.47 bits per heavy atom. The number of aromatic amines is 1. The van der Waals surface area contributed by atoms with Gasteiger partial charge in [0.2, 0.25) is 5.91 Å². The number of rotatable bonds is 4. The van der Waals surface area contributed by atoms with E-state index in [0.717, 1.165) is 25.1 Å². The largest absolute Gasteiger partial charge is 0.354 e. The first-order chi connectivity index (χ1) is 7.18. The molecule has 0 unspecified atom stereocenters. The first-order valence-electron chi connectivity index (χ1n) is 5.21. The highest BCUT2D eigenvalue weighted by molar-refractivity contribution is 7.71. The molecule has 1 heterocycles.